The second-order valence-corrected chi connectivity index (χ2v) is 12.1. The van der Waals surface area contributed by atoms with Gasteiger partial charge in [-0.2, -0.15) is 0 Å². The van der Waals surface area contributed by atoms with Crippen LogP contribution >= 0.6 is 22.9 Å². The predicted molar refractivity (Wildman–Crippen MR) is 166 cm³/mol. The minimum Gasteiger partial charge on any atom is -0.493 e. The summed E-state index contributed by atoms with van der Waals surface area (Å²) in [6.07, 6.45) is 1.48. The summed E-state index contributed by atoms with van der Waals surface area (Å²) in [4.78, 5) is 25.7. The monoisotopic (exact) mass is 606 g/mol. The Labute approximate surface area is 254 Å². The summed E-state index contributed by atoms with van der Waals surface area (Å²) >= 11 is 7.55. The fraction of sp³-hybridized carbons (Fsp3) is 0.312. The summed E-state index contributed by atoms with van der Waals surface area (Å²) < 4.78 is 26.0. The molecule has 7 nitrogen and oxygen atoms in total. The van der Waals surface area contributed by atoms with E-state index in [1.165, 1.54) is 11.3 Å². The van der Waals surface area contributed by atoms with Crippen molar-refractivity contribution in [3.63, 3.8) is 0 Å². The van der Waals surface area contributed by atoms with Gasteiger partial charge >= 0.3 is 0 Å². The van der Waals surface area contributed by atoms with E-state index in [9.17, 15) is 4.79 Å². The van der Waals surface area contributed by atoms with Crippen molar-refractivity contribution in [1.82, 2.24) is 9.88 Å². The first-order chi connectivity index (χ1) is 20.3. The normalized spacial score (nSPS) is 18.5. The molecule has 2 aliphatic rings. The average molecular weight is 607 g/mol. The van der Waals surface area contributed by atoms with Crippen LogP contribution in [0, 0.1) is 0 Å². The lowest BCUT2D eigenvalue weighted by Crippen LogP contribution is -2.38. The van der Waals surface area contributed by atoms with Crippen molar-refractivity contribution >= 4 is 40.4 Å². The molecule has 1 saturated heterocycles. The van der Waals surface area contributed by atoms with Gasteiger partial charge in [0.25, 0.3) is 5.91 Å². The Morgan fingerprint density at radius 3 is 2.55 bits per heavy atom. The maximum atomic E-state index is 15.2. The van der Waals surface area contributed by atoms with E-state index in [0.29, 0.717) is 42.0 Å². The highest BCUT2D eigenvalue weighted by Crippen LogP contribution is 2.37. The van der Waals surface area contributed by atoms with E-state index in [1.54, 1.807) is 25.3 Å². The molecule has 6 rings (SSSR count). The summed E-state index contributed by atoms with van der Waals surface area (Å²) in [5.74, 6) is 2.01. The number of nitrogens with zero attached hydrogens (tertiary/aromatic N) is 4. The lowest BCUT2D eigenvalue weighted by Gasteiger charge is -2.27. The number of likely N-dealkylation sites (N-methyl/N-ethyl adjacent to an activating group) is 1. The summed E-state index contributed by atoms with van der Waals surface area (Å²) in [6, 6.07) is 19.1. The van der Waals surface area contributed by atoms with Crippen LogP contribution < -0.4 is 19.3 Å². The average Bonchev–Trinajstić information content (AvgIpc) is 3.62. The summed E-state index contributed by atoms with van der Waals surface area (Å²) in [7, 11) is 5.15. The van der Waals surface area contributed by atoms with Gasteiger partial charge in [-0.05, 0) is 72.6 Å². The van der Waals surface area contributed by atoms with Crippen LogP contribution in [0.4, 0.5) is 15.9 Å². The number of hydrogen-bond donors (Lipinski definition) is 0. The number of anilines is 2. The molecule has 10 heteroatoms. The Morgan fingerprint density at radius 1 is 1.05 bits per heavy atom. The maximum Gasteiger partial charge on any atom is 0.268 e. The Kier molecular flexibility index (Phi) is 8.07. The number of fused-ring (bicyclic) bond motifs is 1. The Bertz CT molecular complexity index is 1580. The minimum atomic E-state index is -1.02. The number of hydrogen-bond acceptors (Lipinski definition) is 7. The van der Waals surface area contributed by atoms with E-state index < -0.39 is 6.17 Å². The van der Waals surface area contributed by atoms with E-state index in [2.05, 4.69) is 11.1 Å². The quantitative estimate of drug-likeness (QED) is 0.233. The molecular weight excluding hydrogens is 575 g/mol. The lowest BCUT2D eigenvalue weighted by atomic mass is 10.1. The zero-order valence-corrected chi connectivity index (χ0v) is 25.3. The molecule has 0 aliphatic carbocycles. The van der Waals surface area contributed by atoms with E-state index in [-0.39, 0.29) is 18.5 Å². The van der Waals surface area contributed by atoms with E-state index in [4.69, 9.17) is 21.1 Å². The van der Waals surface area contributed by atoms with Crippen molar-refractivity contribution in [2.75, 3.05) is 50.7 Å². The van der Waals surface area contributed by atoms with Gasteiger partial charge < -0.3 is 19.3 Å². The summed E-state index contributed by atoms with van der Waals surface area (Å²) in [6.45, 7) is 1.95. The smallest absolute Gasteiger partial charge is 0.268 e. The molecular formula is C32H32ClFN4O3S. The van der Waals surface area contributed by atoms with Crippen LogP contribution in [-0.4, -0.2) is 68.9 Å². The predicted octanol–water partition coefficient (Wildman–Crippen LogP) is 6.34. The molecule has 1 fully saturated rings. The third-order valence-electron chi connectivity index (χ3n) is 8.02. The molecule has 4 heterocycles. The van der Waals surface area contributed by atoms with Crippen LogP contribution in [0.5, 0.6) is 11.5 Å². The first kappa shape index (κ1) is 28.5. The molecule has 218 valence electrons. The Hall–Kier alpha value is -3.66. The SMILES string of the molecule is COc1ccc(CN(C)C2CN(c3ccc(N4CCc5cc(-c6ccc(Cl)cc6)sc5C4=O)cn3)CC2F)cc1OC. The van der Waals surface area contributed by atoms with Crippen LogP contribution in [0.3, 0.4) is 0 Å². The van der Waals surface area contributed by atoms with Crippen molar-refractivity contribution in [1.29, 1.82) is 0 Å². The second-order valence-electron chi connectivity index (χ2n) is 10.6. The lowest BCUT2D eigenvalue weighted by molar-refractivity contribution is 0.0985. The third-order valence-corrected chi connectivity index (χ3v) is 9.48. The third kappa shape index (κ3) is 5.56. The van der Waals surface area contributed by atoms with E-state index >= 15 is 4.39 Å². The van der Waals surface area contributed by atoms with Crippen LogP contribution in [0.1, 0.15) is 20.8 Å². The molecule has 42 heavy (non-hydrogen) atoms. The maximum absolute atomic E-state index is 15.2. The highest BCUT2D eigenvalue weighted by molar-refractivity contribution is 7.17. The molecule has 2 aliphatic heterocycles. The largest absolute Gasteiger partial charge is 0.493 e. The highest BCUT2D eigenvalue weighted by Gasteiger charge is 2.36. The Morgan fingerprint density at radius 2 is 1.83 bits per heavy atom. The number of benzene rings is 2. The number of alkyl halides is 1. The van der Waals surface area contributed by atoms with Gasteiger partial charge in [0.1, 0.15) is 12.0 Å². The number of rotatable bonds is 8. The van der Waals surface area contributed by atoms with Crippen molar-refractivity contribution in [3.05, 3.63) is 87.9 Å². The van der Waals surface area contributed by atoms with E-state index in [0.717, 1.165) is 38.6 Å². The van der Waals surface area contributed by atoms with Gasteiger partial charge in [-0.3, -0.25) is 9.69 Å². The first-order valence-electron chi connectivity index (χ1n) is 13.8. The minimum absolute atomic E-state index is 0.0159. The van der Waals surface area contributed by atoms with Crippen LogP contribution in [0.15, 0.2) is 66.9 Å². The number of halogens is 2. The van der Waals surface area contributed by atoms with Crippen molar-refractivity contribution in [2.45, 2.75) is 25.2 Å². The van der Waals surface area contributed by atoms with Gasteiger partial charge in [-0.1, -0.05) is 29.8 Å². The van der Waals surface area contributed by atoms with Gasteiger partial charge in [-0.15, -0.1) is 11.3 Å². The van der Waals surface area contributed by atoms with E-state index in [1.807, 2.05) is 71.4 Å². The topological polar surface area (TPSA) is 58.1 Å². The number of aromatic nitrogens is 1. The molecule has 2 aromatic carbocycles. The first-order valence-corrected chi connectivity index (χ1v) is 15.0. The highest BCUT2D eigenvalue weighted by atomic mass is 35.5. The number of thiophene rings is 1. The molecule has 0 N–H and O–H groups in total. The number of methoxy groups -OCH3 is 2. The van der Waals surface area contributed by atoms with Gasteiger partial charge in [-0.25, -0.2) is 9.37 Å². The summed E-state index contributed by atoms with van der Waals surface area (Å²) in [5.41, 5.74) is 3.89. The van der Waals surface area contributed by atoms with Crippen molar-refractivity contribution in [3.8, 4) is 21.9 Å². The van der Waals surface area contributed by atoms with Gasteiger partial charge in [0, 0.05) is 29.5 Å². The van der Waals surface area contributed by atoms with Crippen LogP contribution in [0.25, 0.3) is 10.4 Å². The molecule has 4 aromatic rings. The molecule has 0 radical (unpaired) electrons. The molecule has 0 spiro atoms. The zero-order valence-electron chi connectivity index (χ0n) is 23.7. The molecule has 2 unspecified atom stereocenters. The fourth-order valence-corrected chi connectivity index (χ4v) is 7.00. The fourth-order valence-electron chi connectivity index (χ4n) is 5.71. The molecule has 2 atom stereocenters. The van der Waals surface area contributed by atoms with Crippen LogP contribution in [0.2, 0.25) is 5.02 Å². The number of pyridine rings is 1. The number of amides is 1. The van der Waals surface area contributed by atoms with Crippen molar-refractivity contribution < 1.29 is 18.7 Å². The van der Waals surface area contributed by atoms with Gasteiger partial charge in [0.15, 0.2) is 11.5 Å². The number of carbonyl (C=O) groups excluding carboxylic acids is 1. The second kappa shape index (κ2) is 11.9. The van der Waals surface area contributed by atoms with Crippen LogP contribution in [-0.2, 0) is 13.0 Å². The number of ether oxygens (including phenoxy) is 2. The van der Waals surface area contributed by atoms with Crippen molar-refractivity contribution in [2.24, 2.45) is 0 Å². The van der Waals surface area contributed by atoms with Gasteiger partial charge in [0.05, 0.1) is 43.6 Å². The zero-order chi connectivity index (χ0) is 29.4. The Balaban J connectivity index is 1.11. The molecule has 0 bridgehead atoms. The molecule has 0 saturated carbocycles. The molecule has 1 amide bonds. The van der Waals surface area contributed by atoms with Gasteiger partial charge in [0.2, 0.25) is 0 Å². The standard InChI is InChI=1S/C32H32ClFN4O3S/c1-36(17-20-4-10-27(40-2)28(14-20)41-3)26-19-37(18-25(26)34)30-11-9-24(16-35-30)38-13-12-22-15-29(42-31(22)32(38)39)21-5-7-23(33)8-6-21/h4-11,14-16,25-26H,12-13,17-19H2,1-3H3. The number of carbonyl (C=O) groups is 1. The summed E-state index contributed by atoms with van der Waals surface area (Å²) in [5, 5.41) is 0.686. The molecule has 2 aromatic heterocycles.